The van der Waals surface area contributed by atoms with Crippen LogP contribution in [0.5, 0.6) is 0 Å². The molecule has 2 aromatic rings. The smallest absolute Gasteiger partial charge is 0.287 e. The van der Waals surface area contributed by atoms with Crippen molar-refractivity contribution in [2.24, 2.45) is 5.73 Å². The van der Waals surface area contributed by atoms with Crippen LogP contribution in [-0.2, 0) is 10.1 Å². The highest BCUT2D eigenvalue weighted by Crippen LogP contribution is 2.08. The van der Waals surface area contributed by atoms with Gasteiger partial charge in [0, 0.05) is 18.0 Å². The van der Waals surface area contributed by atoms with Gasteiger partial charge in [0.2, 0.25) is 5.91 Å². The first-order valence-electron chi connectivity index (χ1n) is 6.61. The molecule has 0 bridgehead atoms. The summed E-state index contributed by atoms with van der Waals surface area (Å²) in [5.74, 6) is -0.359. The van der Waals surface area contributed by atoms with Gasteiger partial charge in [0.1, 0.15) is 0 Å². The second-order valence-corrected chi connectivity index (χ2v) is 6.09. The van der Waals surface area contributed by atoms with Gasteiger partial charge in [-0.05, 0) is 43.2 Å². The fraction of sp³-hybridized carbons (Fsp3) is 0.125. The first kappa shape index (κ1) is 18.5. The van der Waals surface area contributed by atoms with Crippen molar-refractivity contribution >= 4 is 22.1 Å². The van der Waals surface area contributed by atoms with Crippen LogP contribution in [0.2, 0.25) is 0 Å². The molecule has 0 aliphatic heterocycles. The zero-order valence-electron chi connectivity index (χ0n) is 12.8. The van der Waals surface area contributed by atoms with Gasteiger partial charge >= 0.3 is 0 Å². The van der Waals surface area contributed by atoms with Gasteiger partial charge in [-0.15, -0.1) is 0 Å². The lowest BCUT2D eigenvalue weighted by Crippen LogP contribution is -2.12. The Hall–Kier alpha value is -2.51. The van der Waals surface area contributed by atoms with E-state index in [0.717, 1.165) is 11.1 Å². The zero-order valence-corrected chi connectivity index (χ0v) is 13.6. The van der Waals surface area contributed by atoms with Crippen molar-refractivity contribution in [1.82, 2.24) is 4.98 Å². The van der Waals surface area contributed by atoms with E-state index in [-0.39, 0.29) is 5.91 Å². The van der Waals surface area contributed by atoms with Crippen molar-refractivity contribution in [2.75, 3.05) is 0 Å². The second kappa shape index (κ2) is 8.21. The zero-order chi connectivity index (χ0) is 17.5. The minimum atomic E-state index is -4.03. The lowest BCUT2D eigenvalue weighted by molar-refractivity contribution is 0.0999. The van der Waals surface area contributed by atoms with Gasteiger partial charge in [-0.25, -0.2) is 0 Å². The summed E-state index contributed by atoms with van der Waals surface area (Å²) in [4.78, 5) is 14.5. The molecule has 0 unspecified atom stereocenters. The van der Waals surface area contributed by atoms with Crippen molar-refractivity contribution in [1.29, 1.82) is 0 Å². The fourth-order valence-electron chi connectivity index (χ4n) is 1.73. The molecule has 6 nitrogen and oxygen atoms in total. The molecule has 23 heavy (non-hydrogen) atoms. The van der Waals surface area contributed by atoms with Crippen molar-refractivity contribution in [2.45, 2.75) is 13.8 Å². The van der Waals surface area contributed by atoms with Crippen LogP contribution in [0.15, 0.2) is 48.1 Å². The predicted molar refractivity (Wildman–Crippen MR) is 89.3 cm³/mol. The van der Waals surface area contributed by atoms with Gasteiger partial charge in [-0.2, -0.15) is 8.42 Å². The number of rotatable bonds is 3. The predicted octanol–water partition coefficient (Wildman–Crippen LogP) is 2.34. The number of primary amides is 1. The molecule has 1 heterocycles. The highest BCUT2D eigenvalue weighted by atomic mass is 32.2. The maximum atomic E-state index is 10.8. The molecule has 1 aromatic heterocycles. The number of aryl methyl sites for hydroxylation is 2. The SMILES string of the molecule is Cc1ccc(C(N)=O)c(C)c1.O=S(=O)(O)C=Cc1cccnc1. The molecule has 0 aliphatic rings. The number of pyridine rings is 1. The Bertz CT molecular complexity index is 800. The third-order valence-electron chi connectivity index (χ3n) is 2.76. The number of carbonyl (C=O) groups excluding carboxylic acids is 1. The number of nitrogens with zero attached hydrogens (tertiary/aromatic N) is 1. The summed E-state index contributed by atoms with van der Waals surface area (Å²) >= 11 is 0. The van der Waals surface area contributed by atoms with Gasteiger partial charge in [0.05, 0.1) is 5.41 Å². The molecule has 0 fully saturated rings. The van der Waals surface area contributed by atoms with E-state index in [1.165, 1.54) is 12.3 Å². The van der Waals surface area contributed by atoms with E-state index in [9.17, 15) is 13.2 Å². The Morgan fingerprint density at radius 1 is 1.26 bits per heavy atom. The van der Waals surface area contributed by atoms with E-state index in [1.54, 1.807) is 24.4 Å². The summed E-state index contributed by atoms with van der Waals surface area (Å²) < 4.78 is 28.8. The molecule has 122 valence electrons. The lowest BCUT2D eigenvalue weighted by Gasteiger charge is -2.01. The fourth-order valence-corrected chi connectivity index (χ4v) is 2.06. The van der Waals surface area contributed by atoms with Crippen molar-refractivity contribution in [3.8, 4) is 0 Å². The van der Waals surface area contributed by atoms with Gasteiger partial charge in [-0.3, -0.25) is 14.3 Å². The summed E-state index contributed by atoms with van der Waals surface area (Å²) in [6.45, 7) is 3.87. The van der Waals surface area contributed by atoms with Gasteiger partial charge in [0.25, 0.3) is 10.1 Å². The van der Waals surface area contributed by atoms with Crippen LogP contribution in [-0.4, -0.2) is 23.9 Å². The molecule has 0 saturated carbocycles. The summed E-state index contributed by atoms with van der Waals surface area (Å²) in [5, 5.41) is 0.712. The topological polar surface area (TPSA) is 110 Å². The molecule has 0 atom stereocenters. The number of nitrogens with two attached hydrogens (primary N) is 1. The summed E-state index contributed by atoms with van der Waals surface area (Å²) in [6, 6.07) is 8.93. The number of carbonyl (C=O) groups is 1. The molecule has 0 spiro atoms. The standard InChI is InChI=1S/C9H11NO.C7H7NO3S/c1-6-3-4-8(9(10)11)7(2)5-6;9-12(10,11)5-3-7-2-1-4-8-6-7/h3-5H,1-2H3,(H2,10,11);1-6H,(H,9,10,11). The van der Waals surface area contributed by atoms with Crippen molar-refractivity contribution in [3.05, 3.63) is 70.4 Å². The van der Waals surface area contributed by atoms with E-state index in [0.29, 0.717) is 16.5 Å². The van der Waals surface area contributed by atoms with E-state index >= 15 is 0 Å². The Balaban J connectivity index is 0.000000231. The first-order chi connectivity index (χ1) is 10.7. The summed E-state index contributed by atoms with van der Waals surface area (Å²) in [5.41, 5.74) is 8.44. The van der Waals surface area contributed by atoms with Crippen molar-refractivity contribution < 1.29 is 17.8 Å². The average Bonchev–Trinajstić information content (AvgIpc) is 2.46. The Morgan fingerprint density at radius 3 is 2.43 bits per heavy atom. The van der Waals surface area contributed by atoms with Crippen LogP contribution in [0.1, 0.15) is 27.0 Å². The van der Waals surface area contributed by atoms with E-state index in [2.05, 4.69) is 4.98 Å². The van der Waals surface area contributed by atoms with Crippen LogP contribution < -0.4 is 5.73 Å². The van der Waals surface area contributed by atoms with E-state index in [1.807, 2.05) is 26.0 Å². The molecule has 1 amide bonds. The number of benzene rings is 1. The third kappa shape index (κ3) is 7.35. The van der Waals surface area contributed by atoms with Crippen LogP contribution in [0.4, 0.5) is 0 Å². The maximum absolute atomic E-state index is 10.8. The molecule has 0 saturated heterocycles. The molecule has 7 heteroatoms. The highest BCUT2D eigenvalue weighted by Gasteiger charge is 2.02. The van der Waals surface area contributed by atoms with Gasteiger partial charge in [-0.1, -0.05) is 23.8 Å². The minimum absolute atomic E-state index is 0.359. The third-order valence-corrected chi connectivity index (χ3v) is 3.24. The normalized spacial score (nSPS) is 10.9. The van der Waals surface area contributed by atoms with Crippen molar-refractivity contribution in [3.63, 3.8) is 0 Å². The van der Waals surface area contributed by atoms with Crippen LogP contribution in [0, 0.1) is 13.8 Å². The van der Waals surface area contributed by atoms with Gasteiger partial charge < -0.3 is 5.73 Å². The largest absolute Gasteiger partial charge is 0.366 e. The molecule has 1 aromatic carbocycles. The molecular formula is C16H18N2O4S. The average molecular weight is 334 g/mol. The van der Waals surface area contributed by atoms with Crippen LogP contribution >= 0.6 is 0 Å². The second-order valence-electron chi connectivity index (χ2n) is 4.79. The lowest BCUT2D eigenvalue weighted by atomic mass is 10.1. The van der Waals surface area contributed by atoms with Gasteiger partial charge in [0.15, 0.2) is 0 Å². The Kier molecular flexibility index (Phi) is 6.62. The van der Waals surface area contributed by atoms with E-state index < -0.39 is 10.1 Å². The molecule has 0 aliphatic carbocycles. The molecular weight excluding hydrogens is 316 g/mol. The number of hydrogen-bond donors (Lipinski definition) is 2. The van der Waals surface area contributed by atoms with Crippen LogP contribution in [0.25, 0.3) is 6.08 Å². The summed E-state index contributed by atoms with van der Waals surface area (Å²) in [6.07, 6.45) is 4.33. The molecule has 3 N–H and O–H groups in total. The quantitative estimate of drug-likeness (QED) is 0.837. The highest BCUT2D eigenvalue weighted by molar-refractivity contribution is 7.88. The summed E-state index contributed by atoms with van der Waals surface area (Å²) in [7, 11) is -4.03. The monoisotopic (exact) mass is 334 g/mol. The molecule has 2 rings (SSSR count). The van der Waals surface area contributed by atoms with Crippen LogP contribution in [0.3, 0.4) is 0 Å². The number of hydrogen-bond acceptors (Lipinski definition) is 4. The number of amides is 1. The number of aromatic nitrogens is 1. The maximum Gasteiger partial charge on any atom is 0.287 e. The minimum Gasteiger partial charge on any atom is -0.366 e. The van der Waals surface area contributed by atoms with E-state index in [4.69, 9.17) is 10.3 Å². The Morgan fingerprint density at radius 2 is 1.96 bits per heavy atom. The Labute approximate surface area is 135 Å². The first-order valence-corrected chi connectivity index (χ1v) is 8.12. The molecule has 0 radical (unpaired) electrons.